The lowest BCUT2D eigenvalue weighted by molar-refractivity contribution is -0.148. The summed E-state index contributed by atoms with van der Waals surface area (Å²) in [6.07, 6.45) is 3.12. The molecule has 2 unspecified atom stereocenters. The average Bonchev–Trinajstić information content (AvgIpc) is 2.81. The Hall–Kier alpha value is -0.880. The van der Waals surface area contributed by atoms with Crippen molar-refractivity contribution in [1.82, 2.24) is 5.32 Å². The summed E-state index contributed by atoms with van der Waals surface area (Å²) >= 11 is 4.94. The third-order valence-electron chi connectivity index (χ3n) is 3.49. The van der Waals surface area contributed by atoms with Gasteiger partial charge < -0.3 is 10.4 Å². The van der Waals surface area contributed by atoms with E-state index >= 15 is 0 Å². The van der Waals surface area contributed by atoms with Gasteiger partial charge in [-0.05, 0) is 40.9 Å². The predicted octanol–water partition coefficient (Wildman–Crippen LogP) is 3.02. The topological polar surface area (TPSA) is 66.4 Å². The first kappa shape index (κ1) is 14.5. The zero-order valence-electron chi connectivity index (χ0n) is 10.4. The number of carbonyl (C=O) groups excluding carboxylic acids is 1. The van der Waals surface area contributed by atoms with E-state index in [4.69, 9.17) is 5.11 Å². The summed E-state index contributed by atoms with van der Waals surface area (Å²) < 4.78 is 1.03. The quantitative estimate of drug-likeness (QED) is 0.881. The van der Waals surface area contributed by atoms with Gasteiger partial charge in [0.1, 0.15) is 0 Å². The molecule has 1 aromatic heterocycles. The Balaban J connectivity index is 1.92. The van der Waals surface area contributed by atoms with Crippen LogP contribution in [0.15, 0.2) is 15.9 Å². The molecule has 1 fully saturated rings. The second-order valence-electron chi connectivity index (χ2n) is 4.76. The van der Waals surface area contributed by atoms with Gasteiger partial charge in [0.05, 0.1) is 22.2 Å². The number of amides is 1. The maximum absolute atomic E-state index is 12.1. The summed E-state index contributed by atoms with van der Waals surface area (Å²) in [4.78, 5) is 24.3. The zero-order chi connectivity index (χ0) is 13.8. The molecule has 1 aliphatic rings. The van der Waals surface area contributed by atoms with E-state index in [0.29, 0.717) is 19.4 Å². The first-order valence-corrected chi connectivity index (χ1v) is 7.93. The molecule has 0 aromatic carbocycles. The van der Waals surface area contributed by atoms with Gasteiger partial charge in [0.2, 0.25) is 5.91 Å². The summed E-state index contributed by atoms with van der Waals surface area (Å²) in [7, 11) is 0. The number of carboxylic acid groups (broad SMARTS) is 1. The number of nitrogens with one attached hydrogen (secondary N) is 1. The number of carboxylic acids is 1. The fraction of sp³-hybridized carbons (Fsp3) is 0.538. The van der Waals surface area contributed by atoms with Gasteiger partial charge in [-0.1, -0.05) is 12.8 Å². The maximum atomic E-state index is 12.1. The SMILES string of the molecule is O=C(O)C1CCCCC1C(=O)NCc1ccc(Br)s1. The fourth-order valence-corrected chi connectivity index (χ4v) is 3.92. The van der Waals surface area contributed by atoms with Crippen LogP contribution in [0.1, 0.15) is 30.6 Å². The highest BCUT2D eigenvalue weighted by Crippen LogP contribution is 2.30. The van der Waals surface area contributed by atoms with Crippen LogP contribution in [0.2, 0.25) is 0 Å². The lowest BCUT2D eigenvalue weighted by atomic mass is 9.79. The van der Waals surface area contributed by atoms with E-state index in [2.05, 4.69) is 21.2 Å². The van der Waals surface area contributed by atoms with Gasteiger partial charge in [-0.2, -0.15) is 0 Å². The number of aliphatic carboxylic acids is 1. The third-order valence-corrected chi connectivity index (χ3v) is 5.11. The first-order valence-electron chi connectivity index (χ1n) is 6.32. The molecule has 1 heterocycles. The molecule has 2 rings (SSSR count). The maximum Gasteiger partial charge on any atom is 0.307 e. The number of hydrogen-bond acceptors (Lipinski definition) is 3. The average molecular weight is 346 g/mol. The molecule has 2 atom stereocenters. The molecule has 0 bridgehead atoms. The summed E-state index contributed by atoms with van der Waals surface area (Å²) in [5, 5.41) is 12.0. The normalized spacial score (nSPS) is 23.0. The smallest absolute Gasteiger partial charge is 0.307 e. The molecule has 1 aliphatic carbocycles. The predicted molar refractivity (Wildman–Crippen MR) is 76.9 cm³/mol. The summed E-state index contributed by atoms with van der Waals surface area (Å²) in [5.74, 6) is -1.88. The largest absolute Gasteiger partial charge is 0.481 e. The zero-order valence-corrected chi connectivity index (χ0v) is 12.8. The van der Waals surface area contributed by atoms with Crippen LogP contribution in [0.5, 0.6) is 0 Å². The van der Waals surface area contributed by atoms with Crippen molar-refractivity contribution in [2.45, 2.75) is 32.2 Å². The Morgan fingerprint density at radius 2 is 2.00 bits per heavy atom. The molecule has 0 spiro atoms. The van der Waals surface area contributed by atoms with Crippen LogP contribution in [-0.4, -0.2) is 17.0 Å². The molecule has 0 radical (unpaired) electrons. The minimum Gasteiger partial charge on any atom is -0.481 e. The van der Waals surface area contributed by atoms with Gasteiger partial charge in [0.25, 0.3) is 0 Å². The first-order chi connectivity index (χ1) is 9.08. The van der Waals surface area contributed by atoms with Crippen molar-refractivity contribution in [3.8, 4) is 0 Å². The van der Waals surface area contributed by atoms with Crippen LogP contribution in [0, 0.1) is 11.8 Å². The van der Waals surface area contributed by atoms with Gasteiger partial charge in [-0.25, -0.2) is 0 Å². The lowest BCUT2D eigenvalue weighted by Crippen LogP contribution is -2.39. The molecule has 1 aromatic rings. The number of rotatable bonds is 4. The van der Waals surface area contributed by atoms with Crippen LogP contribution in [0.4, 0.5) is 0 Å². The van der Waals surface area contributed by atoms with Gasteiger partial charge in [-0.15, -0.1) is 11.3 Å². The van der Waals surface area contributed by atoms with E-state index in [0.717, 1.165) is 21.5 Å². The highest BCUT2D eigenvalue weighted by Gasteiger charge is 2.35. The molecular formula is C13H16BrNO3S. The molecule has 2 N–H and O–H groups in total. The molecule has 6 heteroatoms. The molecule has 0 aliphatic heterocycles. The molecule has 1 saturated carbocycles. The standard InChI is InChI=1S/C13H16BrNO3S/c14-11-6-5-8(19-11)7-15-12(16)9-3-1-2-4-10(9)13(17)18/h5-6,9-10H,1-4,7H2,(H,15,16)(H,17,18). The molecule has 4 nitrogen and oxygen atoms in total. The van der Waals surface area contributed by atoms with Gasteiger partial charge in [-0.3, -0.25) is 9.59 Å². The molecule has 104 valence electrons. The van der Waals surface area contributed by atoms with Crippen molar-refractivity contribution in [3.63, 3.8) is 0 Å². The second kappa shape index (κ2) is 6.52. The Bertz CT molecular complexity index is 474. The minimum absolute atomic E-state index is 0.128. The highest BCUT2D eigenvalue weighted by molar-refractivity contribution is 9.11. The summed E-state index contributed by atoms with van der Waals surface area (Å²) in [6, 6.07) is 3.89. The van der Waals surface area contributed by atoms with E-state index in [-0.39, 0.29) is 11.8 Å². The minimum atomic E-state index is -0.848. The van der Waals surface area contributed by atoms with Crippen LogP contribution in [0.25, 0.3) is 0 Å². The Labute approximate surface area is 124 Å². The second-order valence-corrected chi connectivity index (χ2v) is 7.31. The van der Waals surface area contributed by atoms with Crippen molar-refractivity contribution < 1.29 is 14.7 Å². The monoisotopic (exact) mass is 345 g/mol. The van der Waals surface area contributed by atoms with Crippen molar-refractivity contribution in [2.75, 3.05) is 0 Å². The van der Waals surface area contributed by atoms with Crippen molar-refractivity contribution in [2.24, 2.45) is 11.8 Å². The van der Waals surface area contributed by atoms with E-state index in [9.17, 15) is 9.59 Å². The number of carbonyl (C=O) groups is 2. The van der Waals surface area contributed by atoms with Gasteiger partial charge in [0.15, 0.2) is 0 Å². The van der Waals surface area contributed by atoms with Crippen LogP contribution in [-0.2, 0) is 16.1 Å². The lowest BCUT2D eigenvalue weighted by Gasteiger charge is -2.27. The van der Waals surface area contributed by atoms with Crippen LogP contribution >= 0.6 is 27.3 Å². The van der Waals surface area contributed by atoms with Crippen LogP contribution in [0.3, 0.4) is 0 Å². The van der Waals surface area contributed by atoms with E-state index in [1.54, 1.807) is 11.3 Å². The molecule has 1 amide bonds. The Morgan fingerprint density at radius 3 is 2.58 bits per heavy atom. The van der Waals surface area contributed by atoms with Gasteiger partial charge in [0, 0.05) is 4.88 Å². The van der Waals surface area contributed by atoms with Crippen molar-refractivity contribution >= 4 is 39.1 Å². The summed E-state index contributed by atoms with van der Waals surface area (Å²) in [6.45, 7) is 0.470. The molecule has 19 heavy (non-hydrogen) atoms. The number of thiophene rings is 1. The van der Waals surface area contributed by atoms with E-state index in [1.807, 2.05) is 12.1 Å². The van der Waals surface area contributed by atoms with Crippen molar-refractivity contribution in [1.29, 1.82) is 0 Å². The third kappa shape index (κ3) is 3.79. The number of halogens is 1. The van der Waals surface area contributed by atoms with E-state index in [1.165, 1.54) is 0 Å². The highest BCUT2D eigenvalue weighted by atomic mass is 79.9. The number of hydrogen-bond donors (Lipinski definition) is 2. The van der Waals surface area contributed by atoms with Gasteiger partial charge >= 0.3 is 5.97 Å². The van der Waals surface area contributed by atoms with Crippen molar-refractivity contribution in [3.05, 3.63) is 20.8 Å². The fourth-order valence-electron chi connectivity index (χ4n) is 2.49. The summed E-state index contributed by atoms with van der Waals surface area (Å²) in [5.41, 5.74) is 0. The van der Waals surface area contributed by atoms with Crippen LogP contribution < -0.4 is 5.32 Å². The Kier molecular flexibility index (Phi) is 4.99. The van der Waals surface area contributed by atoms with E-state index < -0.39 is 11.9 Å². The molecular weight excluding hydrogens is 330 g/mol. The molecule has 0 saturated heterocycles. The Morgan fingerprint density at radius 1 is 1.32 bits per heavy atom.